The van der Waals surface area contributed by atoms with E-state index < -0.39 is 36.7 Å². The number of carbonyl (C=O) groups is 2. The molecule has 2 fully saturated rings. The summed E-state index contributed by atoms with van der Waals surface area (Å²) in [6.07, 6.45) is -1.71. The summed E-state index contributed by atoms with van der Waals surface area (Å²) in [6, 6.07) is -1.75. The smallest absolute Gasteiger partial charge is 0.406 e. The Morgan fingerprint density at radius 1 is 1.20 bits per heavy atom. The number of hydrogen-bond donors (Lipinski definition) is 2. The number of alkyl halides is 3. The van der Waals surface area contributed by atoms with Crippen LogP contribution in [0.25, 0.3) is 0 Å². The van der Waals surface area contributed by atoms with Gasteiger partial charge in [0, 0.05) is 12.1 Å². The molecule has 0 spiro atoms. The molecule has 2 unspecified atom stereocenters. The molecule has 20 heavy (non-hydrogen) atoms. The van der Waals surface area contributed by atoms with Gasteiger partial charge in [0.1, 0.15) is 6.54 Å². The third-order valence-corrected chi connectivity index (χ3v) is 3.74. The van der Waals surface area contributed by atoms with E-state index in [1.165, 1.54) is 0 Å². The second kappa shape index (κ2) is 5.49. The van der Waals surface area contributed by atoms with Gasteiger partial charge in [-0.1, -0.05) is 6.42 Å². The predicted octanol–water partition coefficient (Wildman–Crippen LogP) is 1.98. The topological polar surface area (TPSA) is 69.6 Å². The fourth-order valence-corrected chi connectivity index (χ4v) is 2.62. The summed E-state index contributed by atoms with van der Waals surface area (Å²) in [7, 11) is 0. The van der Waals surface area contributed by atoms with Crippen LogP contribution in [0.3, 0.4) is 0 Å². The van der Waals surface area contributed by atoms with Crippen molar-refractivity contribution in [3.8, 4) is 0 Å². The molecule has 2 saturated carbocycles. The van der Waals surface area contributed by atoms with Crippen molar-refractivity contribution in [2.75, 3.05) is 6.54 Å². The first-order valence-electron chi connectivity index (χ1n) is 6.64. The summed E-state index contributed by atoms with van der Waals surface area (Å²) in [5.41, 5.74) is 0. The van der Waals surface area contributed by atoms with Gasteiger partial charge >= 0.3 is 18.2 Å². The minimum atomic E-state index is -4.44. The standard InChI is InChI=1S/C12H17F3N2O3/c13-12(14,15)6-17(7-4-5-7)11(20)16-9-3-1-2-8(9)10(18)19/h7-9H,1-6H2,(H,16,20)(H,18,19). The first kappa shape index (κ1) is 14.9. The molecule has 0 aromatic carbocycles. The summed E-state index contributed by atoms with van der Waals surface area (Å²) in [5, 5.41) is 11.5. The van der Waals surface area contributed by atoms with Gasteiger partial charge in [-0.25, -0.2) is 4.79 Å². The number of urea groups is 1. The molecular weight excluding hydrogens is 277 g/mol. The maximum absolute atomic E-state index is 12.5. The first-order chi connectivity index (χ1) is 9.28. The maximum atomic E-state index is 12.5. The lowest BCUT2D eigenvalue weighted by atomic mass is 10.0. The second-order valence-corrected chi connectivity index (χ2v) is 5.41. The Bertz CT molecular complexity index is 396. The van der Waals surface area contributed by atoms with Gasteiger partial charge in [0.05, 0.1) is 5.92 Å². The molecule has 0 heterocycles. The van der Waals surface area contributed by atoms with Gasteiger partial charge in [-0.05, 0) is 25.7 Å². The van der Waals surface area contributed by atoms with Crippen molar-refractivity contribution in [1.29, 1.82) is 0 Å². The molecule has 8 heteroatoms. The van der Waals surface area contributed by atoms with E-state index in [-0.39, 0.29) is 6.04 Å². The highest BCUT2D eigenvalue weighted by atomic mass is 19.4. The van der Waals surface area contributed by atoms with Crippen molar-refractivity contribution in [2.45, 2.75) is 50.4 Å². The second-order valence-electron chi connectivity index (χ2n) is 5.41. The Hall–Kier alpha value is -1.47. The van der Waals surface area contributed by atoms with Crippen molar-refractivity contribution in [3.63, 3.8) is 0 Å². The molecule has 2 amide bonds. The monoisotopic (exact) mass is 294 g/mol. The van der Waals surface area contributed by atoms with Crippen LogP contribution in [0.15, 0.2) is 0 Å². The number of carboxylic acids is 1. The van der Waals surface area contributed by atoms with Crippen LogP contribution in [-0.2, 0) is 4.79 Å². The summed E-state index contributed by atoms with van der Waals surface area (Å²) in [4.78, 5) is 23.7. The number of carboxylic acid groups (broad SMARTS) is 1. The Labute approximate surface area is 114 Å². The van der Waals surface area contributed by atoms with E-state index in [2.05, 4.69) is 5.32 Å². The van der Waals surface area contributed by atoms with Gasteiger partial charge in [0.2, 0.25) is 0 Å². The first-order valence-corrected chi connectivity index (χ1v) is 6.64. The molecule has 5 nitrogen and oxygen atoms in total. The molecule has 0 bridgehead atoms. The summed E-state index contributed by atoms with van der Waals surface area (Å²) in [5.74, 6) is -1.72. The molecule has 2 rings (SSSR count). The van der Waals surface area contributed by atoms with Crippen molar-refractivity contribution >= 4 is 12.0 Å². The highest BCUT2D eigenvalue weighted by Gasteiger charge is 2.42. The Kier molecular flexibility index (Phi) is 4.10. The maximum Gasteiger partial charge on any atom is 0.406 e. The number of carbonyl (C=O) groups excluding carboxylic acids is 1. The molecule has 0 radical (unpaired) electrons. The fourth-order valence-electron chi connectivity index (χ4n) is 2.62. The molecule has 2 aliphatic rings. The van der Waals surface area contributed by atoms with Crippen molar-refractivity contribution < 1.29 is 27.9 Å². The third kappa shape index (κ3) is 3.77. The van der Waals surface area contributed by atoms with Crippen LogP contribution >= 0.6 is 0 Å². The third-order valence-electron chi connectivity index (χ3n) is 3.74. The van der Waals surface area contributed by atoms with Crippen molar-refractivity contribution in [2.24, 2.45) is 5.92 Å². The van der Waals surface area contributed by atoms with Gasteiger partial charge in [-0.2, -0.15) is 13.2 Å². The number of nitrogens with zero attached hydrogens (tertiary/aromatic N) is 1. The van der Waals surface area contributed by atoms with E-state index in [9.17, 15) is 22.8 Å². The summed E-state index contributed by atoms with van der Waals surface area (Å²) >= 11 is 0. The zero-order valence-electron chi connectivity index (χ0n) is 10.8. The van der Waals surface area contributed by atoms with Gasteiger partial charge in [-0.3, -0.25) is 4.79 Å². The van der Waals surface area contributed by atoms with E-state index in [4.69, 9.17) is 5.11 Å². The van der Waals surface area contributed by atoms with Crippen LogP contribution in [0.5, 0.6) is 0 Å². The van der Waals surface area contributed by atoms with Gasteiger partial charge in [0.25, 0.3) is 0 Å². The van der Waals surface area contributed by atoms with Gasteiger partial charge < -0.3 is 15.3 Å². The molecule has 2 atom stereocenters. The molecule has 0 saturated heterocycles. The van der Waals surface area contributed by atoms with Crippen LogP contribution in [0.1, 0.15) is 32.1 Å². The highest BCUT2D eigenvalue weighted by molar-refractivity contribution is 5.77. The average molecular weight is 294 g/mol. The van der Waals surface area contributed by atoms with Crippen LogP contribution < -0.4 is 5.32 Å². The highest BCUT2D eigenvalue weighted by Crippen LogP contribution is 2.31. The zero-order chi connectivity index (χ0) is 14.9. The van der Waals surface area contributed by atoms with E-state index in [1.807, 2.05) is 0 Å². The number of rotatable bonds is 4. The normalized spacial score (nSPS) is 26.4. The summed E-state index contributed by atoms with van der Waals surface area (Å²) < 4.78 is 37.4. The quantitative estimate of drug-likeness (QED) is 0.833. The molecule has 0 aliphatic heterocycles. The lowest BCUT2D eigenvalue weighted by Crippen LogP contribution is -2.50. The van der Waals surface area contributed by atoms with Gasteiger partial charge in [-0.15, -0.1) is 0 Å². The molecule has 114 valence electrons. The average Bonchev–Trinajstić information content (AvgIpc) is 3.04. The van der Waals surface area contributed by atoms with E-state index in [1.54, 1.807) is 0 Å². The minimum absolute atomic E-state index is 0.374. The molecule has 2 N–H and O–H groups in total. The van der Waals surface area contributed by atoms with Crippen LogP contribution in [0, 0.1) is 5.92 Å². The Balaban J connectivity index is 1.96. The zero-order valence-corrected chi connectivity index (χ0v) is 10.8. The van der Waals surface area contributed by atoms with Crippen molar-refractivity contribution in [3.05, 3.63) is 0 Å². The number of hydrogen-bond acceptors (Lipinski definition) is 2. The van der Waals surface area contributed by atoms with Crippen LogP contribution in [0.4, 0.5) is 18.0 Å². The molecule has 0 aromatic rings. The summed E-state index contributed by atoms with van der Waals surface area (Å²) in [6.45, 7) is -1.28. The van der Waals surface area contributed by atoms with E-state index >= 15 is 0 Å². The largest absolute Gasteiger partial charge is 0.481 e. The number of amides is 2. The lowest BCUT2D eigenvalue weighted by molar-refractivity contribution is -0.143. The van der Waals surface area contributed by atoms with Gasteiger partial charge in [0.15, 0.2) is 0 Å². The van der Waals surface area contributed by atoms with Crippen molar-refractivity contribution in [1.82, 2.24) is 10.2 Å². The van der Waals surface area contributed by atoms with E-state index in [0.29, 0.717) is 32.1 Å². The number of halogens is 3. The fraction of sp³-hybridized carbons (Fsp3) is 0.833. The van der Waals surface area contributed by atoms with Crippen LogP contribution in [-0.4, -0.2) is 46.8 Å². The minimum Gasteiger partial charge on any atom is -0.481 e. The predicted molar refractivity (Wildman–Crippen MR) is 63.1 cm³/mol. The van der Waals surface area contributed by atoms with E-state index in [0.717, 1.165) is 4.90 Å². The molecular formula is C12H17F3N2O3. The number of nitrogens with one attached hydrogen (secondary N) is 1. The molecule has 0 aromatic heterocycles. The number of aliphatic carboxylic acids is 1. The Morgan fingerprint density at radius 2 is 1.85 bits per heavy atom. The van der Waals surface area contributed by atoms with Crippen LogP contribution in [0.2, 0.25) is 0 Å². The SMILES string of the molecule is O=C(O)C1CCCC1NC(=O)N(CC(F)(F)F)C1CC1. The Morgan fingerprint density at radius 3 is 2.35 bits per heavy atom. The lowest BCUT2D eigenvalue weighted by Gasteiger charge is -2.27. The molecule has 2 aliphatic carbocycles.